The number of hydrogen-bond donors (Lipinski definition) is 1. The molecule has 0 bridgehead atoms. The van der Waals surface area contributed by atoms with Crippen molar-refractivity contribution in [3.8, 4) is 0 Å². The third-order valence-corrected chi connectivity index (χ3v) is 2.37. The van der Waals surface area contributed by atoms with Crippen LogP contribution in [0.2, 0.25) is 0 Å². The zero-order valence-electron chi connectivity index (χ0n) is 7.98. The van der Waals surface area contributed by atoms with Gasteiger partial charge in [0, 0.05) is 7.11 Å². The van der Waals surface area contributed by atoms with E-state index >= 15 is 0 Å². The number of hydrogen-bond acceptors (Lipinski definition) is 4. The lowest BCUT2D eigenvalue weighted by Gasteiger charge is -1.90. The number of carboxylic acid groups (broad SMARTS) is 1. The number of aromatic nitrogens is 1. The van der Waals surface area contributed by atoms with Crippen molar-refractivity contribution in [3.05, 3.63) is 17.3 Å². The molecule has 5 nitrogen and oxygen atoms in total. The number of ether oxygens (including phenoxy) is 1. The van der Waals surface area contributed by atoms with Crippen LogP contribution in [-0.2, 0) is 4.74 Å². The summed E-state index contributed by atoms with van der Waals surface area (Å²) in [5.74, 6) is -0.0834. The van der Waals surface area contributed by atoms with E-state index in [2.05, 4.69) is 4.98 Å². The Kier molecular flexibility index (Phi) is 2.03. The Bertz CT molecular complexity index is 371. The Morgan fingerprint density at radius 3 is 2.86 bits per heavy atom. The smallest absolute Gasteiger partial charge is 0.358 e. The normalized spacial score (nSPS) is 25.0. The molecular formula is C9H11NO4. The van der Waals surface area contributed by atoms with Gasteiger partial charge in [-0.15, -0.1) is 0 Å². The summed E-state index contributed by atoms with van der Waals surface area (Å²) in [7, 11) is 1.62. The highest BCUT2D eigenvalue weighted by atomic mass is 16.5. The van der Waals surface area contributed by atoms with Crippen LogP contribution in [0.25, 0.3) is 0 Å². The number of carbonyl (C=O) groups is 1. The van der Waals surface area contributed by atoms with Crippen LogP contribution >= 0.6 is 0 Å². The monoisotopic (exact) mass is 197 g/mol. The molecule has 0 saturated heterocycles. The van der Waals surface area contributed by atoms with Crippen LogP contribution in [0.3, 0.4) is 0 Å². The molecule has 0 spiro atoms. The van der Waals surface area contributed by atoms with E-state index in [-0.39, 0.29) is 17.7 Å². The molecular weight excluding hydrogens is 186 g/mol. The number of nitrogens with zero attached hydrogens (tertiary/aromatic N) is 1. The zero-order valence-corrected chi connectivity index (χ0v) is 7.98. The number of rotatable bonds is 3. The molecule has 14 heavy (non-hydrogen) atoms. The zero-order chi connectivity index (χ0) is 10.3. The molecule has 0 amide bonds. The van der Waals surface area contributed by atoms with Gasteiger partial charge in [0.25, 0.3) is 0 Å². The van der Waals surface area contributed by atoms with Crippen molar-refractivity contribution in [1.29, 1.82) is 0 Å². The molecule has 76 valence electrons. The van der Waals surface area contributed by atoms with Crippen LogP contribution in [0.5, 0.6) is 0 Å². The maximum atomic E-state index is 10.7. The van der Waals surface area contributed by atoms with Crippen LogP contribution in [0.1, 0.15) is 34.5 Å². The standard InChI is InChI=1S/C9H11NO4/c1-4-7(9(11)12)10-8(14-4)5-3-6(5)13-2/h5-6H,3H2,1-2H3,(H,11,12). The van der Waals surface area contributed by atoms with E-state index in [1.54, 1.807) is 14.0 Å². The van der Waals surface area contributed by atoms with Gasteiger partial charge in [0.1, 0.15) is 5.76 Å². The molecule has 5 heteroatoms. The van der Waals surface area contributed by atoms with Gasteiger partial charge in [-0.3, -0.25) is 0 Å². The second kappa shape index (κ2) is 3.09. The minimum absolute atomic E-state index is 0.00162. The van der Waals surface area contributed by atoms with Crippen molar-refractivity contribution >= 4 is 5.97 Å². The van der Waals surface area contributed by atoms with Crippen molar-refractivity contribution in [3.63, 3.8) is 0 Å². The number of oxazole rings is 1. The SMILES string of the molecule is COC1CC1c1nc(C(=O)O)c(C)o1. The first-order chi connectivity index (χ1) is 6.63. The molecule has 1 N–H and O–H groups in total. The van der Waals surface area contributed by atoms with Crippen molar-refractivity contribution in [1.82, 2.24) is 4.98 Å². The van der Waals surface area contributed by atoms with E-state index < -0.39 is 5.97 Å². The molecule has 1 fully saturated rings. The molecule has 1 aliphatic carbocycles. The summed E-state index contributed by atoms with van der Waals surface area (Å²) >= 11 is 0. The first-order valence-electron chi connectivity index (χ1n) is 4.37. The van der Waals surface area contributed by atoms with E-state index in [9.17, 15) is 4.79 Å². The van der Waals surface area contributed by atoms with Crippen LogP contribution < -0.4 is 0 Å². The molecule has 1 saturated carbocycles. The third kappa shape index (κ3) is 1.39. The van der Waals surface area contributed by atoms with E-state index in [1.165, 1.54) is 0 Å². The Hall–Kier alpha value is -1.36. The molecule has 1 heterocycles. The number of aromatic carboxylic acids is 1. The predicted molar refractivity (Wildman–Crippen MR) is 46.4 cm³/mol. The second-order valence-corrected chi connectivity index (χ2v) is 3.38. The van der Waals surface area contributed by atoms with Gasteiger partial charge >= 0.3 is 5.97 Å². The highest BCUT2D eigenvalue weighted by Gasteiger charge is 2.43. The summed E-state index contributed by atoms with van der Waals surface area (Å²) in [5, 5.41) is 8.75. The number of methoxy groups -OCH3 is 1. The fraction of sp³-hybridized carbons (Fsp3) is 0.556. The summed E-state index contributed by atoms with van der Waals surface area (Å²) in [5.41, 5.74) is 0.00162. The lowest BCUT2D eigenvalue weighted by atomic mass is 10.4. The minimum Gasteiger partial charge on any atom is -0.476 e. The Labute approximate surface area is 80.7 Å². The molecule has 2 rings (SSSR count). The fourth-order valence-electron chi connectivity index (χ4n) is 1.47. The first-order valence-corrected chi connectivity index (χ1v) is 4.37. The quantitative estimate of drug-likeness (QED) is 0.787. The van der Waals surface area contributed by atoms with Gasteiger partial charge < -0.3 is 14.3 Å². The van der Waals surface area contributed by atoms with E-state index in [1.807, 2.05) is 0 Å². The van der Waals surface area contributed by atoms with Crippen molar-refractivity contribution in [2.75, 3.05) is 7.11 Å². The lowest BCUT2D eigenvalue weighted by molar-refractivity contribution is 0.0689. The number of aryl methyl sites for hydroxylation is 1. The summed E-state index contributed by atoms with van der Waals surface area (Å²) in [6, 6.07) is 0. The molecule has 0 aliphatic heterocycles. The Balaban J connectivity index is 2.21. The Morgan fingerprint density at radius 1 is 1.71 bits per heavy atom. The van der Waals surface area contributed by atoms with Gasteiger partial charge in [0.2, 0.25) is 5.89 Å². The average molecular weight is 197 g/mol. The number of carboxylic acids is 1. The van der Waals surface area contributed by atoms with Gasteiger partial charge in [-0.2, -0.15) is 0 Å². The maximum Gasteiger partial charge on any atom is 0.358 e. The lowest BCUT2D eigenvalue weighted by Crippen LogP contribution is -1.99. The highest BCUT2D eigenvalue weighted by molar-refractivity contribution is 5.86. The van der Waals surface area contributed by atoms with Crippen LogP contribution in [-0.4, -0.2) is 29.3 Å². The molecule has 0 radical (unpaired) electrons. The third-order valence-electron chi connectivity index (χ3n) is 2.37. The topological polar surface area (TPSA) is 72.6 Å². The van der Waals surface area contributed by atoms with Gasteiger partial charge in [0.15, 0.2) is 5.69 Å². The summed E-state index contributed by atoms with van der Waals surface area (Å²) in [4.78, 5) is 14.6. The fourth-order valence-corrected chi connectivity index (χ4v) is 1.47. The van der Waals surface area contributed by atoms with E-state index in [4.69, 9.17) is 14.3 Å². The molecule has 2 atom stereocenters. The predicted octanol–water partition coefficient (Wildman–Crippen LogP) is 1.18. The van der Waals surface area contributed by atoms with Gasteiger partial charge in [-0.1, -0.05) is 0 Å². The molecule has 0 aromatic carbocycles. The highest BCUT2D eigenvalue weighted by Crippen LogP contribution is 2.42. The van der Waals surface area contributed by atoms with Crippen LogP contribution in [0, 0.1) is 6.92 Å². The van der Waals surface area contributed by atoms with Crippen molar-refractivity contribution in [2.24, 2.45) is 0 Å². The van der Waals surface area contributed by atoms with Crippen molar-refractivity contribution in [2.45, 2.75) is 25.4 Å². The summed E-state index contributed by atoms with van der Waals surface area (Å²) in [6.07, 6.45) is 0.991. The van der Waals surface area contributed by atoms with Gasteiger partial charge in [0.05, 0.1) is 12.0 Å². The van der Waals surface area contributed by atoms with E-state index in [0.29, 0.717) is 11.7 Å². The van der Waals surface area contributed by atoms with Crippen molar-refractivity contribution < 1.29 is 19.1 Å². The Morgan fingerprint density at radius 2 is 2.43 bits per heavy atom. The molecule has 1 aromatic heterocycles. The summed E-state index contributed by atoms with van der Waals surface area (Å²) in [6.45, 7) is 1.60. The van der Waals surface area contributed by atoms with E-state index in [0.717, 1.165) is 6.42 Å². The van der Waals surface area contributed by atoms with Crippen LogP contribution in [0.4, 0.5) is 0 Å². The van der Waals surface area contributed by atoms with Crippen LogP contribution in [0.15, 0.2) is 4.42 Å². The average Bonchev–Trinajstić information content (AvgIpc) is 2.82. The largest absolute Gasteiger partial charge is 0.476 e. The molecule has 1 aliphatic rings. The van der Waals surface area contributed by atoms with Gasteiger partial charge in [-0.25, -0.2) is 9.78 Å². The molecule has 2 unspecified atom stereocenters. The minimum atomic E-state index is -1.05. The summed E-state index contributed by atoms with van der Waals surface area (Å²) < 4.78 is 10.4. The van der Waals surface area contributed by atoms with Gasteiger partial charge in [-0.05, 0) is 13.3 Å². The molecule has 1 aromatic rings. The maximum absolute atomic E-state index is 10.7. The second-order valence-electron chi connectivity index (χ2n) is 3.38. The first kappa shape index (κ1) is 9.21.